The number of carboxylic acid groups (broad SMARTS) is 1. The maximum atomic E-state index is 11.5. The van der Waals surface area contributed by atoms with Crippen LogP contribution in [0.1, 0.15) is 6.92 Å². The van der Waals surface area contributed by atoms with Gasteiger partial charge in [-0.15, -0.1) is 0 Å². The average Bonchev–Trinajstić information content (AvgIpc) is 2.32. The van der Waals surface area contributed by atoms with Crippen LogP contribution in [-0.2, 0) is 14.3 Å². The number of methoxy groups -OCH3 is 1. The van der Waals surface area contributed by atoms with E-state index in [0.717, 1.165) is 0 Å². The number of ether oxygens (including phenoxy) is 1. The highest BCUT2D eigenvalue weighted by Gasteiger charge is 2.35. The van der Waals surface area contributed by atoms with E-state index in [0.29, 0.717) is 26.2 Å². The van der Waals surface area contributed by atoms with Gasteiger partial charge in [-0.1, -0.05) is 6.92 Å². The Hall–Kier alpha value is -1.67. The molecule has 0 aromatic carbocycles. The van der Waals surface area contributed by atoms with Crippen LogP contribution in [0.3, 0.4) is 0 Å². The second-order valence-electron chi connectivity index (χ2n) is 4.88. The number of urea groups is 1. The van der Waals surface area contributed by atoms with Crippen molar-refractivity contribution in [1.29, 1.82) is 0 Å². The Labute approximate surface area is 117 Å². The zero-order valence-electron chi connectivity index (χ0n) is 11.7. The summed E-state index contributed by atoms with van der Waals surface area (Å²) in [5, 5.41) is 13.5. The van der Waals surface area contributed by atoms with E-state index >= 15 is 0 Å². The van der Waals surface area contributed by atoms with Gasteiger partial charge in [0.1, 0.15) is 0 Å². The number of carboxylic acids is 1. The minimum atomic E-state index is -0.823. The van der Waals surface area contributed by atoms with Crippen molar-refractivity contribution in [1.82, 2.24) is 15.5 Å². The minimum absolute atomic E-state index is 0.0656. The van der Waals surface area contributed by atoms with E-state index in [4.69, 9.17) is 9.84 Å². The number of nitrogens with one attached hydrogen (secondary N) is 2. The summed E-state index contributed by atoms with van der Waals surface area (Å²) in [7, 11) is 1.52. The van der Waals surface area contributed by atoms with Gasteiger partial charge in [-0.25, -0.2) is 4.79 Å². The molecule has 8 nitrogen and oxygen atoms in total. The van der Waals surface area contributed by atoms with Gasteiger partial charge in [0.05, 0.1) is 19.1 Å². The van der Waals surface area contributed by atoms with Crippen LogP contribution in [-0.4, -0.2) is 67.8 Å². The molecule has 0 aromatic rings. The van der Waals surface area contributed by atoms with Crippen LogP contribution in [0.5, 0.6) is 0 Å². The molecular weight excluding hydrogens is 266 g/mol. The van der Waals surface area contributed by atoms with Gasteiger partial charge in [-0.05, 0) is 5.92 Å². The number of likely N-dealkylation sites (tertiary alicyclic amines) is 1. The summed E-state index contributed by atoms with van der Waals surface area (Å²) in [6, 6.07) is -0.553. The quantitative estimate of drug-likeness (QED) is 0.524. The van der Waals surface area contributed by atoms with Crippen molar-refractivity contribution in [2.75, 3.05) is 39.9 Å². The molecule has 1 fully saturated rings. The monoisotopic (exact) mass is 287 g/mol. The van der Waals surface area contributed by atoms with Crippen molar-refractivity contribution in [3.8, 4) is 0 Å². The van der Waals surface area contributed by atoms with Gasteiger partial charge in [-0.2, -0.15) is 0 Å². The van der Waals surface area contributed by atoms with Gasteiger partial charge in [0.15, 0.2) is 0 Å². The van der Waals surface area contributed by atoms with Crippen LogP contribution < -0.4 is 10.6 Å². The fourth-order valence-electron chi connectivity index (χ4n) is 1.94. The predicted octanol–water partition coefficient (Wildman–Crippen LogP) is -0.889. The molecule has 114 valence electrons. The molecule has 1 unspecified atom stereocenters. The fraction of sp³-hybridized carbons (Fsp3) is 0.750. The first-order valence-electron chi connectivity index (χ1n) is 6.45. The highest BCUT2D eigenvalue weighted by Crippen LogP contribution is 2.23. The van der Waals surface area contributed by atoms with E-state index in [1.54, 1.807) is 6.92 Å². The molecule has 8 heteroatoms. The van der Waals surface area contributed by atoms with Crippen LogP contribution in [0.15, 0.2) is 0 Å². The van der Waals surface area contributed by atoms with Crippen LogP contribution in [0, 0.1) is 11.8 Å². The third-order valence-corrected chi connectivity index (χ3v) is 3.29. The number of carbonyl (C=O) groups excluding carboxylic acids is 2. The number of imide groups is 1. The number of rotatable bonds is 7. The molecule has 0 bridgehead atoms. The van der Waals surface area contributed by atoms with E-state index in [-0.39, 0.29) is 12.5 Å². The number of carbonyl (C=O) groups is 3. The zero-order chi connectivity index (χ0) is 15.1. The zero-order valence-corrected chi connectivity index (χ0v) is 11.7. The molecule has 3 N–H and O–H groups in total. The lowest BCUT2D eigenvalue weighted by Gasteiger charge is -2.40. The summed E-state index contributed by atoms with van der Waals surface area (Å²) >= 11 is 0. The molecule has 1 rings (SSSR count). The van der Waals surface area contributed by atoms with Gasteiger partial charge in [0, 0.05) is 26.7 Å². The van der Waals surface area contributed by atoms with E-state index in [2.05, 4.69) is 10.6 Å². The molecule has 1 aliphatic heterocycles. The lowest BCUT2D eigenvalue weighted by molar-refractivity contribution is -0.145. The average molecular weight is 287 g/mol. The molecule has 0 aromatic heterocycles. The Bertz CT molecular complexity index is 368. The molecule has 0 saturated carbocycles. The Balaban J connectivity index is 2.16. The first kappa shape index (κ1) is 16.4. The molecule has 20 heavy (non-hydrogen) atoms. The number of aliphatic carboxylic acids is 1. The summed E-state index contributed by atoms with van der Waals surface area (Å²) < 4.78 is 4.76. The van der Waals surface area contributed by atoms with Crippen molar-refractivity contribution in [2.24, 2.45) is 11.8 Å². The molecule has 1 saturated heterocycles. The first-order valence-corrected chi connectivity index (χ1v) is 6.45. The molecular formula is C12H21N3O5. The highest BCUT2D eigenvalue weighted by molar-refractivity contribution is 5.95. The van der Waals surface area contributed by atoms with E-state index in [9.17, 15) is 14.4 Å². The smallest absolute Gasteiger partial charge is 0.321 e. The van der Waals surface area contributed by atoms with Gasteiger partial charge in [-0.3, -0.25) is 19.8 Å². The number of nitrogens with zero attached hydrogens (tertiary/aromatic N) is 1. The Kier molecular flexibility index (Phi) is 6.40. The molecule has 1 aliphatic rings. The van der Waals surface area contributed by atoms with Crippen LogP contribution in [0.4, 0.5) is 4.79 Å². The van der Waals surface area contributed by atoms with Crippen molar-refractivity contribution in [3.63, 3.8) is 0 Å². The normalized spacial score (nSPS) is 17.1. The van der Waals surface area contributed by atoms with Gasteiger partial charge < -0.3 is 15.2 Å². The van der Waals surface area contributed by atoms with Crippen LogP contribution >= 0.6 is 0 Å². The topological polar surface area (TPSA) is 108 Å². The number of hydrogen-bond acceptors (Lipinski definition) is 5. The second kappa shape index (κ2) is 7.81. The Morgan fingerprint density at radius 2 is 2.05 bits per heavy atom. The molecule has 3 amide bonds. The summed E-state index contributed by atoms with van der Waals surface area (Å²) in [5.74, 6) is -1.57. The van der Waals surface area contributed by atoms with Gasteiger partial charge in [0.2, 0.25) is 5.91 Å². The summed E-state index contributed by atoms with van der Waals surface area (Å²) in [6.07, 6.45) is 0. The molecule has 1 atom stereocenters. The highest BCUT2D eigenvalue weighted by atomic mass is 16.5. The predicted molar refractivity (Wildman–Crippen MR) is 70.1 cm³/mol. The van der Waals surface area contributed by atoms with Gasteiger partial charge >= 0.3 is 12.0 Å². The first-order chi connectivity index (χ1) is 9.43. The van der Waals surface area contributed by atoms with Crippen LogP contribution in [0.2, 0.25) is 0 Å². The second-order valence-corrected chi connectivity index (χ2v) is 4.88. The van der Waals surface area contributed by atoms with Crippen molar-refractivity contribution in [2.45, 2.75) is 6.92 Å². The maximum Gasteiger partial charge on any atom is 0.321 e. The standard InChI is InChI=1S/C12H21N3O5/c1-8(11(17)18)9-5-15(6-9)7-10(16)14-12(19)13-3-4-20-2/h8-9H,3-7H2,1-2H3,(H,17,18)(H2,13,14,16,19). The lowest BCUT2D eigenvalue weighted by atomic mass is 9.87. The lowest BCUT2D eigenvalue weighted by Crippen LogP contribution is -2.55. The van der Waals surface area contributed by atoms with E-state index in [1.165, 1.54) is 7.11 Å². The summed E-state index contributed by atoms with van der Waals surface area (Å²) in [4.78, 5) is 35.4. The van der Waals surface area contributed by atoms with Crippen molar-refractivity contribution >= 4 is 17.9 Å². The third-order valence-electron chi connectivity index (χ3n) is 3.29. The van der Waals surface area contributed by atoms with Gasteiger partial charge in [0.25, 0.3) is 0 Å². The fourth-order valence-corrected chi connectivity index (χ4v) is 1.94. The minimum Gasteiger partial charge on any atom is -0.481 e. The Morgan fingerprint density at radius 1 is 1.40 bits per heavy atom. The molecule has 1 heterocycles. The maximum absolute atomic E-state index is 11.5. The summed E-state index contributed by atoms with van der Waals surface area (Å²) in [6.45, 7) is 3.59. The number of amides is 3. The molecule has 0 radical (unpaired) electrons. The van der Waals surface area contributed by atoms with Crippen molar-refractivity contribution < 1.29 is 24.2 Å². The van der Waals surface area contributed by atoms with E-state index < -0.39 is 23.8 Å². The largest absolute Gasteiger partial charge is 0.481 e. The molecule has 0 aliphatic carbocycles. The molecule has 0 spiro atoms. The third kappa shape index (κ3) is 5.14. The van der Waals surface area contributed by atoms with Crippen LogP contribution in [0.25, 0.3) is 0 Å². The SMILES string of the molecule is COCCNC(=O)NC(=O)CN1CC(C(C)C(=O)O)C1. The van der Waals surface area contributed by atoms with Crippen molar-refractivity contribution in [3.05, 3.63) is 0 Å². The Morgan fingerprint density at radius 3 is 2.60 bits per heavy atom. The number of hydrogen-bond donors (Lipinski definition) is 3. The summed E-state index contributed by atoms with van der Waals surface area (Å²) in [5.41, 5.74) is 0. The van der Waals surface area contributed by atoms with E-state index in [1.807, 2.05) is 4.90 Å².